The zero-order chi connectivity index (χ0) is 22.0. The van der Waals surface area contributed by atoms with Crippen molar-refractivity contribution < 1.29 is 29.1 Å². The van der Waals surface area contributed by atoms with Crippen molar-refractivity contribution >= 4 is 28.9 Å². The van der Waals surface area contributed by atoms with Crippen molar-refractivity contribution in [1.82, 2.24) is 0 Å². The topological polar surface area (TPSA) is 106 Å². The first-order chi connectivity index (χ1) is 14.8. The molecule has 1 N–H and O–H groups in total. The van der Waals surface area contributed by atoms with E-state index in [0.717, 1.165) is 24.0 Å². The molecule has 0 saturated heterocycles. The van der Waals surface area contributed by atoms with Crippen LogP contribution in [0, 0.1) is 29.6 Å². The fourth-order valence-corrected chi connectivity index (χ4v) is 6.38. The molecule has 6 unspecified atom stereocenters. The van der Waals surface area contributed by atoms with Gasteiger partial charge in [-0.2, -0.15) is 0 Å². The van der Waals surface area contributed by atoms with Gasteiger partial charge in [0.1, 0.15) is 17.5 Å². The molecule has 2 fully saturated rings. The fraction of sp³-hybridized carbons (Fsp3) is 0.480. The van der Waals surface area contributed by atoms with Crippen LogP contribution in [-0.4, -0.2) is 34.0 Å². The molecule has 6 atom stereocenters. The van der Waals surface area contributed by atoms with Crippen LogP contribution in [-0.2, 0) is 25.6 Å². The van der Waals surface area contributed by atoms with Gasteiger partial charge >= 0.3 is 0 Å². The van der Waals surface area contributed by atoms with Crippen molar-refractivity contribution in [2.75, 3.05) is 0 Å². The van der Waals surface area contributed by atoms with Crippen molar-refractivity contribution in [1.29, 1.82) is 0 Å². The van der Waals surface area contributed by atoms with E-state index in [1.54, 1.807) is 0 Å². The van der Waals surface area contributed by atoms with Crippen LogP contribution in [0.25, 0.3) is 0 Å². The van der Waals surface area contributed by atoms with E-state index in [1.165, 1.54) is 13.0 Å². The molecule has 0 aromatic heterocycles. The molecule has 1 aromatic carbocycles. The van der Waals surface area contributed by atoms with Gasteiger partial charge in [0.2, 0.25) is 0 Å². The number of hydrogen-bond donors (Lipinski definition) is 1. The number of carbonyl (C=O) groups is 5. The van der Waals surface area contributed by atoms with Crippen LogP contribution in [0.5, 0.6) is 5.75 Å². The highest BCUT2D eigenvalue weighted by atomic mass is 16.3. The third-order valence-corrected chi connectivity index (χ3v) is 7.68. The number of carbonyl (C=O) groups excluding carboxylic acids is 5. The normalized spacial score (nSPS) is 34.4. The number of ketones is 5. The summed E-state index contributed by atoms with van der Waals surface area (Å²) in [5.41, 5.74) is 2.01. The van der Waals surface area contributed by atoms with Crippen LogP contribution in [0.15, 0.2) is 24.3 Å². The SMILES string of the molecule is CC(=O)C1C(=O)CC2CC3Cc4c(C5C=CCC5)ccc(O)c4C(=O)C3C(=O)C2C1=O. The summed E-state index contributed by atoms with van der Waals surface area (Å²) in [5, 5.41) is 10.5. The molecule has 0 amide bonds. The van der Waals surface area contributed by atoms with Crippen molar-refractivity contribution in [2.45, 2.75) is 44.9 Å². The maximum Gasteiger partial charge on any atom is 0.177 e. The molecular weight excluding hydrogens is 396 g/mol. The number of aromatic hydroxyl groups is 1. The standard InChI is InChI=1S/C25H24O6/c1-11(26)19-18(28)10-14-8-13-9-16-15(12-4-2-3-5-12)6-7-17(27)22(16)25(31)20(13)24(30)21(14)23(19)29/h2,4,6-7,12-14,19-21,27H,3,5,8-10H2,1H3. The highest BCUT2D eigenvalue weighted by Crippen LogP contribution is 2.49. The van der Waals surface area contributed by atoms with E-state index in [4.69, 9.17) is 0 Å². The molecule has 1 aromatic rings. The summed E-state index contributed by atoms with van der Waals surface area (Å²) in [6, 6.07) is 3.38. The Bertz CT molecular complexity index is 1080. The summed E-state index contributed by atoms with van der Waals surface area (Å²) in [4.78, 5) is 64.1. The fourth-order valence-electron chi connectivity index (χ4n) is 6.38. The van der Waals surface area contributed by atoms with Gasteiger partial charge in [0.25, 0.3) is 0 Å². The number of fused-ring (bicyclic) bond motifs is 3. The zero-order valence-corrected chi connectivity index (χ0v) is 17.3. The van der Waals surface area contributed by atoms with Crippen LogP contribution in [0.2, 0.25) is 0 Å². The lowest BCUT2D eigenvalue weighted by Gasteiger charge is -2.44. The minimum atomic E-state index is -1.39. The van der Waals surface area contributed by atoms with E-state index in [9.17, 15) is 29.1 Å². The van der Waals surface area contributed by atoms with Crippen molar-refractivity contribution in [2.24, 2.45) is 29.6 Å². The third-order valence-electron chi connectivity index (χ3n) is 7.68. The first-order valence-electron chi connectivity index (χ1n) is 11.0. The molecule has 5 rings (SSSR count). The van der Waals surface area contributed by atoms with Gasteiger partial charge in [-0.3, -0.25) is 24.0 Å². The minimum Gasteiger partial charge on any atom is -0.507 e. The van der Waals surface area contributed by atoms with E-state index in [2.05, 4.69) is 12.2 Å². The lowest BCUT2D eigenvalue weighted by Crippen LogP contribution is -2.55. The highest BCUT2D eigenvalue weighted by molar-refractivity contribution is 6.27. The monoisotopic (exact) mass is 420 g/mol. The van der Waals surface area contributed by atoms with Crippen LogP contribution in [0.3, 0.4) is 0 Å². The Labute approximate surface area is 179 Å². The molecule has 160 valence electrons. The summed E-state index contributed by atoms with van der Waals surface area (Å²) in [6.07, 6.45) is 7.04. The van der Waals surface area contributed by atoms with Gasteiger partial charge in [0, 0.05) is 12.3 Å². The molecule has 4 aliphatic rings. The van der Waals surface area contributed by atoms with Crippen LogP contribution in [0.4, 0.5) is 0 Å². The van der Waals surface area contributed by atoms with Gasteiger partial charge < -0.3 is 5.11 Å². The number of benzene rings is 1. The first-order valence-corrected chi connectivity index (χ1v) is 11.0. The van der Waals surface area contributed by atoms with Crippen molar-refractivity contribution in [3.8, 4) is 5.75 Å². The quantitative estimate of drug-likeness (QED) is 0.583. The second-order valence-electron chi connectivity index (χ2n) is 9.44. The van der Waals surface area contributed by atoms with Gasteiger partial charge in [0.15, 0.2) is 23.1 Å². The molecule has 6 nitrogen and oxygen atoms in total. The molecule has 4 aliphatic carbocycles. The van der Waals surface area contributed by atoms with E-state index in [1.807, 2.05) is 6.07 Å². The predicted molar refractivity (Wildman–Crippen MR) is 110 cm³/mol. The number of Topliss-reactive ketones (excluding diaryl/α,β-unsaturated/α-hetero) is 5. The average Bonchev–Trinajstić information content (AvgIpc) is 3.21. The Kier molecular flexibility index (Phi) is 4.57. The van der Waals surface area contributed by atoms with Crippen LogP contribution < -0.4 is 0 Å². The molecule has 0 bridgehead atoms. The summed E-state index contributed by atoms with van der Waals surface area (Å²) in [6.45, 7) is 1.19. The maximum absolute atomic E-state index is 13.5. The molecule has 0 radical (unpaired) electrons. The molecule has 31 heavy (non-hydrogen) atoms. The lowest BCUT2D eigenvalue weighted by atomic mass is 9.55. The van der Waals surface area contributed by atoms with Gasteiger partial charge in [-0.15, -0.1) is 0 Å². The second-order valence-corrected chi connectivity index (χ2v) is 9.44. The predicted octanol–water partition coefficient (Wildman–Crippen LogP) is 2.75. The Balaban J connectivity index is 1.56. The average molecular weight is 420 g/mol. The number of allylic oxidation sites excluding steroid dienone is 2. The van der Waals surface area contributed by atoms with E-state index >= 15 is 0 Å². The molecule has 0 heterocycles. The number of hydrogen-bond acceptors (Lipinski definition) is 6. The first kappa shape index (κ1) is 20.0. The largest absolute Gasteiger partial charge is 0.507 e. The molecule has 0 spiro atoms. The van der Waals surface area contributed by atoms with E-state index in [-0.39, 0.29) is 29.6 Å². The summed E-state index contributed by atoms with van der Waals surface area (Å²) < 4.78 is 0. The van der Waals surface area contributed by atoms with Crippen LogP contribution >= 0.6 is 0 Å². The molecule has 2 saturated carbocycles. The summed E-state index contributed by atoms with van der Waals surface area (Å²) in [7, 11) is 0. The molecular formula is C25H24O6. The van der Waals surface area contributed by atoms with E-state index < -0.39 is 52.6 Å². The summed E-state index contributed by atoms with van der Waals surface area (Å²) in [5.74, 6) is -6.69. The molecule has 6 heteroatoms. The van der Waals surface area contributed by atoms with Gasteiger partial charge in [-0.05, 0) is 61.6 Å². The van der Waals surface area contributed by atoms with Crippen molar-refractivity contribution in [3.05, 3.63) is 41.0 Å². The summed E-state index contributed by atoms with van der Waals surface area (Å²) >= 11 is 0. The zero-order valence-electron chi connectivity index (χ0n) is 17.3. The minimum absolute atomic E-state index is 0.0227. The Hall–Kier alpha value is -2.89. The maximum atomic E-state index is 13.5. The van der Waals surface area contributed by atoms with Gasteiger partial charge in [-0.25, -0.2) is 0 Å². The number of phenols is 1. The molecule has 0 aliphatic heterocycles. The lowest BCUT2D eigenvalue weighted by molar-refractivity contribution is -0.152. The van der Waals surface area contributed by atoms with Gasteiger partial charge in [-0.1, -0.05) is 18.2 Å². The van der Waals surface area contributed by atoms with Crippen molar-refractivity contribution in [3.63, 3.8) is 0 Å². The Morgan fingerprint density at radius 3 is 2.42 bits per heavy atom. The Morgan fingerprint density at radius 2 is 1.74 bits per heavy atom. The Morgan fingerprint density at radius 1 is 1.00 bits per heavy atom. The third kappa shape index (κ3) is 2.87. The van der Waals surface area contributed by atoms with Crippen LogP contribution in [0.1, 0.15) is 60.0 Å². The van der Waals surface area contributed by atoms with E-state index in [0.29, 0.717) is 12.8 Å². The highest BCUT2D eigenvalue weighted by Gasteiger charge is 2.57. The second kappa shape index (κ2) is 7.08. The number of phenolic OH excluding ortho intramolecular Hbond substituents is 1. The van der Waals surface area contributed by atoms with Gasteiger partial charge in [0.05, 0.1) is 17.4 Å². The smallest absolute Gasteiger partial charge is 0.177 e. The number of rotatable bonds is 2.